The van der Waals surface area contributed by atoms with E-state index in [-0.39, 0.29) is 43.1 Å². The van der Waals surface area contributed by atoms with Gasteiger partial charge in [0, 0.05) is 38.1 Å². The summed E-state index contributed by atoms with van der Waals surface area (Å²) >= 11 is 0. The SMILES string of the molecule is CN(C(=O)NCc1ccccc1)N1CC(=O)N2[C@@H](Cc3ccc(O)cc3)C(=O)N(Cc3ccnc4ccccc34)C[C@@H]21. The molecule has 3 aromatic carbocycles. The summed E-state index contributed by atoms with van der Waals surface area (Å²) < 4.78 is 0. The van der Waals surface area contributed by atoms with E-state index in [4.69, 9.17) is 0 Å². The normalized spacial score (nSPS) is 18.8. The van der Waals surface area contributed by atoms with Gasteiger partial charge in [-0.3, -0.25) is 19.6 Å². The van der Waals surface area contributed by atoms with E-state index in [0.717, 1.165) is 27.6 Å². The molecule has 0 bridgehead atoms. The third kappa shape index (κ3) is 5.36. The topological polar surface area (TPSA) is 109 Å². The van der Waals surface area contributed by atoms with Gasteiger partial charge in [-0.05, 0) is 41.0 Å². The van der Waals surface area contributed by atoms with E-state index >= 15 is 0 Å². The number of phenols is 1. The van der Waals surface area contributed by atoms with Gasteiger partial charge >= 0.3 is 6.03 Å². The van der Waals surface area contributed by atoms with Crippen LogP contribution in [-0.2, 0) is 29.1 Å². The highest BCUT2D eigenvalue weighted by atomic mass is 16.3. The zero-order chi connectivity index (χ0) is 29.2. The minimum Gasteiger partial charge on any atom is -0.508 e. The number of hydrogen-bond acceptors (Lipinski definition) is 6. The minimum absolute atomic E-state index is 0.0225. The Morgan fingerprint density at radius 2 is 1.71 bits per heavy atom. The average molecular weight is 565 g/mol. The number of carbonyl (C=O) groups is 3. The van der Waals surface area contributed by atoms with Crippen LogP contribution in [0.1, 0.15) is 16.7 Å². The summed E-state index contributed by atoms with van der Waals surface area (Å²) in [5.41, 5.74) is 3.58. The maximum atomic E-state index is 14.1. The number of hydrogen-bond donors (Lipinski definition) is 2. The van der Waals surface area contributed by atoms with Crippen LogP contribution in [0, 0.1) is 0 Å². The second-order valence-electron chi connectivity index (χ2n) is 10.6. The highest BCUT2D eigenvalue weighted by Crippen LogP contribution is 2.31. The lowest BCUT2D eigenvalue weighted by molar-refractivity contribution is -0.157. The van der Waals surface area contributed by atoms with Gasteiger partial charge in [-0.1, -0.05) is 60.7 Å². The number of piperazine rings is 1. The lowest BCUT2D eigenvalue weighted by Crippen LogP contribution is -2.65. The molecule has 6 rings (SSSR count). The average Bonchev–Trinajstić information content (AvgIpc) is 3.34. The largest absolute Gasteiger partial charge is 0.508 e. The summed E-state index contributed by atoms with van der Waals surface area (Å²) in [7, 11) is 1.64. The van der Waals surface area contributed by atoms with Gasteiger partial charge in [0.2, 0.25) is 11.8 Å². The first-order chi connectivity index (χ1) is 20.4. The predicted molar refractivity (Wildman–Crippen MR) is 157 cm³/mol. The van der Waals surface area contributed by atoms with Gasteiger partial charge in [-0.2, -0.15) is 5.01 Å². The van der Waals surface area contributed by atoms with Gasteiger partial charge in [0.1, 0.15) is 18.0 Å². The minimum atomic E-state index is -0.764. The van der Waals surface area contributed by atoms with Crippen molar-refractivity contribution in [1.82, 2.24) is 30.1 Å². The molecule has 0 spiro atoms. The number of amides is 4. The quantitative estimate of drug-likeness (QED) is 0.357. The number of para-hydroxylation sites is 1. The number of hydrazine groups is 1. The Hall–Kier alpha value is -4.96. The van der Waals surface area contributed by atoms with Crippen molar-refractivity contribution in [2.75, 3.05) is 20.1 Å². The number of aromatic nitrogens is 1. The molecule has 0 unspecified atom stereocenters. The number of benzene rings is 3. The fourth-order valence-corrected chi connectivity index (χ4v) is 5.81. The number of urea groups is 1. The summed E-state index contributed by atoms with van der Waals surface area (Å²) in [6.45, 7) is 0.905. The maximum absolute atomic E-state index is 14.1. The number of pyridine rings is 1. The Bertz CT molecular complexity index is 1610. The molecular formula is C32H32N6O4. The first kappa shape index (κ1) is 27.2. The van der Waals surface area contributed by atoms with Crippen LogP contribution in [0.3, 0.4) is 0 Å². The molecule has 0 aliphatic carbocycles. The first-order valence-electron chi connectivity index (χ1n) is 13.9. The molecule has 2 aliphatic rings. The monoisotopic (exact) mass is 564 g/mol. The molecule has 2 aliphatic heterocycles. The second kappa shape index (κ2) is 11.5. The third-order valence-corrected chi connectivity index (χ3v) is 8.00. The third-order valence-electron chi connectivity index (χ3n) is 8.00. The zero-order valence-electron chi connectivity index (χ0n) is 23.3. The van der Waals surface area contributed by atoms with Gasteiger partial charge in [0.25, 0.3) is 0 Å². The van der Waals surface area contributed by atoms with Gasteiger partial charge in [-0.15, -0.1) is 0 Å². The Balaban J connectivity index is 1.28. The molecule has 10 nitrogen and oxygen atoms in total. The van der Waals surface area contributed by atoms with Crippen molar-refractivity contribution in [1.29, 1.82) is 0 Å². The Morgan fingerprint density at radius 3 is 2.50 bits per heavy atom. The van der Waals surface area contributed by atoms with E-state index in [1.807, 2.05) is 60.7 Å². The van der Waals surface area contributed by atoms with E-state index in [1.54, 1.807) is 52.3 Å². The molecular weight excluding hydrogens is 532 g/mol. The van der Waals surface area contributed by atoms with Crippen LogP contribution in [0.2, 0.25) is 0 Å². The van der Waals surface area contributed by atoms with Crippen LogP contribution in [0.4, 0.5) is 4.79 Å². The van der Waals surface area contributed by atoms with E-state index in [9.17, 15) is 19.5 Å². The van der Waals surface area contributed by atoms with Crippen molar-refractivity contribution in [3.05, 3.63) is 108 Å². The van der Waals surface area contributed by atoms with Crippen molar-refractivity contribution < 1.29 is 19.5 Å². The van der Waals surface area contributed by atoms with Crippen LogP contribution in [-0.4, -0.2) is 80.1 Å². The molecule has 42 heavy (non-hydrogen) atoms. The Kier molecular flexibility index (Phi) is 7.45. The van der Waals surface area contributed by atoms with Gasteiger partial charge in [0.15, 0.2) is 0 Å². The Labute approximate surface area is 243 Å². The van der Waals surface area contributed by atoms with Crippen molar-refractivity contribution in [2.24, 2.45) is 0 Å². The number of nitrogens with zero attached hydrogens (tertiary/aromatic N) is 5. The summed E-state index contributed by atoms with van der Waals surface area (Å²) in [4.78, 5) is 48.6. The molecule has 10 heteroatoms. The second-order valence-corrected chi connectivity index (χ2v) is 10.6. The van der Waals surface area contributed by atoms with Crippen molar-refractivity contribution in [3.63, 3.8) is 0 Å². The van der Waals surface area contributed by atoms with Crippen LogP contribution in [0.15, 0.2) is 91.1 Å². The van der Waals surface area contributed by atoms with Crippen LogP contribution in [0.25, 0.3) is 10.9 Å². The summed E-state index contributed by atoms with van der Waals surface area (Å²) in [6.07, 6.45) is 1.49. The lowest BCUT2D eigenvalue weighted by atomic mass is 9.99. The molecule has 2 atom stereocenters. The lowest BCUT2D eigenvalue weighted by Gasteiger charge is -2.45. The highest BCUT2D eigenvalue weighted by molar-refractivity contribution is 5.92. The molecule has 4 aromatic rings. The fraction of sp³-hybridized carbons (Fsp3) is 0.250. The summed E-state index contributed by atoms with van der Waals surface area (Å²) in [6, 6.07) is 24.9. The molecule has 214 valence electrons. The summed E-state index contributed by atoms with van der Waals surface area (Å²) in [5, 5.41) is 16.8. The number of carbonyl (C=O) groups excluding carboxylic acids is 3. The van der Waals surface area contributed by atoms with E-state index < -0.39 is 12.2 Å². The molecule has 2 saturated heterocycles. The molecule has 1 aromatic heterocycles. The molecule has 2 N–H and O–H groups in total. The molecule has 3 heterocycles. The number of fused-ring (bicyclic) bond motifs is 2. The van der Waals surface area contributed by atoms with Crippen molar-refractivity contribution in [3.8, 4) is 5.75 Å². The summed E-state index contributed by atoms with van der Waals surface area (Å²) in [5.74, 6) is -0.246. The molecule has 4 amide bonds. The standard InChI is InChI=1S/C32H32N6O4/c1-35(32(42)34-18-23-7-3-2-4-8-23)37-21-30(40)38-28(17-22-11-13-25(39)14-12-22)31(41)36(20-29(37)38)19-24-15-16-33-27-10-6-5-9-26(24)27/h2-16,28-29,39H,17-21H2,1H3,(H,34,42)/t28-,29+/m0/s1. The van der Waals surface area contributed by atoms with Crippen molar-refractivity contribution >= 4 is 28.7 Å². The number of phenolic OH excluding ortho intramolecular Hbond substituents is 1. The van der Waals surface area contributed by atoms with E-state index in [1.165, 1.54) is 5.01 Å². The predicted octanol–water partition coefficient (Wildman–Crippen LogP) is 3.12. The molecule has 2 fully saturated rings. The number of aromatic hydroxyl groups is 1. The smallest absolute Gasteiger partial charge is 0.332 e. The van der Waals surface area contributed by atoms with Crippen molar-refractivity contribution in [2.45, 2.75) is 31.7 Å². The first-order valence-corrected chi connectivity index (χ1v) is 13.9. The van der Waals surface area contributed by atoms with Gasteiger partial charge in [0.05, 0.1) is 18.6 Å². The zero-order valence-corrected chi connectivity index (χ0v) is 23.3. The van der Waals surface area contributed by atoms with Gasteiger partial charge < -0.3 is 20.2 Å². The van der Waals surface area contributed by atoms with Crippen LogP contribution >= 0.6 is 0 Å². The van der Waals surface area contributed by atoms with E-state index in [0.29, 0.717) is 13.1 Å². The Morgan fingerprint density at radius 1 is 0.976 bits per heavy atom. The van der Waals surface area contributed by atoms with Crippen LogP contribution < -0.4 is 5.32 Å². The molecule has 0 saturated carbocycles. The number of nitrogens with one attached hydrogen (secondary N) is 1. The van der Waals surface area contributed by atoms with Gasteiger partial charge in [-0.25, -0.2) is 4.79 Å². The molecule has 0 radical (unpaired) electrons. The van der Waals surface area contributed by atoms with E-state index in [2.05, 4.69) is 10.3 Å². The fourth-order valence-electron chi connectivity index (χ4n) is 5.81. The maximum Gasteiger partial charge on any atom is 0.332 e. The number of rotatable bonds is 7. The van der Waals surface area contributed by atoms with Crippen LogP contribution in [0.5, 0.6) is 5.75 Å². The highest BCUT2D eigenvalue weighted by Gasteiger charge is 2.51.